The number of amides is 1. The lowest BCUT2D eigenvalue weighted by atomic mass is 10.1. The molecule has 3 aromatic rings. The first kappa shape index (κ1) is 18.0. The van der Waals surface area contributed by atoms with E-state index < -0.39 is 0 Å². The fourth-order valence-electron chi connectivity index (χ4n) is 3.36. The van der Waals surface area contributed by atoms with Crippen molar-refractivity contribution in [1.82, 2.24) is 9.97 Å². The van der Waals surface area contributed by atoms with Crippen molar-refractivity contribution in [3.8, 4) is 0 Å². The molecule has 6 heteroatoms. The lowest BCUT2D eigenvalue weighted by Crippen LogP contribution is -2.47. The van der Waals surface area contributed by atoms with Crippen molar-refractivity contribution in [2.45, 2.75) is 6.92 Å². The second kappa shape index (κ2) is 8.08. The molecule has 0 radical (unpaired) electrons. The maximum absolute atomic E-state index is 12.4. The van der Waals surface area contributed by atoms with Crippen LogP contribution in [0.4, 0.5) is 17.3 Å². The van der Waals surface area contributed by atoms with Crippen LogP contribution in [0, 0.1) is 6.92 Å². The van der Waals surface area contributed by atoms with Crippen molar-refractivity contribution in [3.05, 3.63) is 78.1 Å². The molecule has 0 spiro atoms. The number of benzene rings is 2. The first-order chi connectivity index (χ1) is 13.7. The van der Waals surface area contributed by atoms with E-state index in [2.05, 4.69) is 37.2 Å². The zero-order valence-corrected chi connectivity index (χ0v) is 15.9. The first-order valence-corrected chi connectivity index (χ1v) is 9.44. The van der Waals surface area contributed by atoms with E-state index in [4.69, 9.17) is 0 Å². The number of rotatable bonds is 4. The molecule has 0 unspecified atom stereocenters. The van der Waals surface area contributed by atoms with E-state index >= 15 is 0 Å². The Bertz CT molecular complexity index is 935. The summed E-state index contributed by atoms with van der Waals surface area (Å²) in [4.78, 5) is 25.6. The van der Waals surface area contributed by atoms with Gasteiger partial charge in [0, 0.05) is 55.5 Å². The monoisotopic (exact) mass is 373 g/mol. The molecule has 0 saturated carbocycles. The Morgan fingerprint density at radius 1 is 0.893 bits per heavy atom. The van der Waals surface area contributed by atoms with Crippen LogP contribution in [0.2, 0.25) is 0 Å². The molecule has 0 bridgehead atoms. The highest BCUT2D eigenvalue weighted by atomic mass is 16.1. The molecule has 4 rings (SSSR count). The van der Waals surface area contributed by atoms with Gasteiger partial charge in [-0.25, -0.2) is 9.97 Å². The largest absolute Gasteiger partial charge is 0.368 e. The van der Waals surface area contributed by atoms with Gasteiger partial charge in [0.25, 0.3) is 5.91 Å². The fourth-order valence-corrected chi connectivity index (χ4v) is 3.36. The van der Waals surface area contributed by atoms with Crippen LogP contribution in [0.15, 0.2) is 67.0 Å². The third kappa shape index (κ3) is 4.11. The van der Waals surface area contributed by atoms with Crippen LogP contribution in [0.5, 0.6) is 0 Å². The quantitative estimate of drug-likeness (QED) is 0.760. The molecule has 1 aliphatic heterocycles. The molecular formula is C22H23N5O. The number of aromatic nitrogens is 2. The molecular weight excluding hydrogens is 350 g/mol. The molecule has 6 nitrogen and oxygen atoms in total. The number of hydrogen-bond acceptors (Lipinski definition) is 5. The van der Waals surface area contributed by atoms with Crippen molar-refractivity contribution >= 4 is 23.2 Å². The lowest BCUT2D eigenvalue weighted by Gasteiger charge is -2.36. The summed E-state index contributed by atoms with van der Waals surface area (Å²) in [5.41, 5.74) is 3.69. The van der Waals surface area contributed by atoms with Gasteiger partial charge in [0.1, 0.15) is 0 Å². The molecule has 28 heavy (non-hydrogen) atoms. The molecule has 1 saturated heterocycles. The summed E-state index contributed by atoms with van der Waals surface area (Å²) in [6.07, 6.45) is 3.55. The highest BCUT2D eigenvalue weighted by Crippen LogP contribution is 2.21. The molecule has 1 aliphatic rings. The Labute approximate surface area is 164 Å². The van der Waals surface area contributed by atoms with Gasteiger partial charge >= 0.3 is 0 Å². The van der Waals surface area contributed by atoms with Crippen molar-refractivity contribution in [1.29, 1.82) is 0 Å². The predicted molar refractivity (Wildman–Crippen MR) is 112 cm³/mol. The van der Waals surface area contributed by atoms with E-state index in [1.54, 1.807) is 12.4 Å². The Morgan fingerprint density at radius 3 is 2.25 bits per heavy atom. The summed E-state index contributed by atoms with van der Waals surface area (Å²) in [6.45, 7) is 5.57. The second-order valence-corrected chi connectivity index (χ2v) is 6.89. The van der Waals surface area contributed by atoms with Gasteiger partial charge in [-0.15, -0.1) is 0 Å². The maximum Gasteiger partial charge on any atom is 0.255 e. The molecule has 2 aromatic carbocycles. The number of nitrogens with one attached hydrogen (secondary N) is 1. The first-order valence-electron chi connectivity index (χ1n) is 9.44. The van der Waals surface area contributed by atoms with Crippen LogP contribution in [0.3, 0.4) is 0 Å². The third-order valence-corrected chi connectivity index (χ3v) is 4.89. The molecule has 0 atom stereocenters. The van der Waals surface area contributed by atoms with Crippen LogP contribution in [-0.4, -0.2) is 42.1 Å². The molecule has 1 amide bonds. The highest BCUT2D eigenvalue weighted by molar-refractivity contribution is 6.04. The van der Waals surface area contributed by atoms with Crippen molar-refractivity contribution < 1.29 is 4.79 Å². The zero-order chi connectivity index (χ0) is 19.3. The Hall–Kier alpha value is -3.41. The Morgan fingerprint density at radius 2 is 1.57 bits per heavy atom. The minimum absolute atomic E-state index is 0.0899. The zero-order valence-electron chi connectivity index (χ0n) is 15.9. The topological polar surface area (TPSA) is 61.4 Å². The fraction of sp³-hybridized carbons (Fsp3) is 0.227. The SMILES string of the molecule is Cc1cccc(C(=O)Nc2ccc(N3CCN(c4ncccn4)CC3)cc2)c1. The van der Waals surface area contributed by atoms with Crippen LogP contribution >= 0.6 is 0 Å². The number of carbonyl (C=O) groups excluding carboxylic acids is 1. The number of anilines is 3. The van der Waals surface area contributed by atoms with E-state index in [0.29, 0.717) is 5.56 Å². The van der Waals surface area contributed by atoms with Gasteiger partial charge in [0.15, 0.2) is 0 Å². The van der Waals surface area contributed by atoms with Gasteiger partial charge in [0.2, 0.25) is 5.95 Å². The summed E-state index contributed by atoms with van der Waals surface area (Å²) >= 11 is 0. The van der Waals surface area contributed by atoms with Crippen LogP contribution < -0.4 is 15.1 Å². The summed E-state index contributed by atoms with van der Waals surface area (Å²) in [7, 11) is 0. The standard InChI is InChI=1S/C22H23N5O/c1-17-4-2-5-18(16-17)21(28)25-19-6-8-20(9-7-19)26-12-14-27(15-13-26)22-23-10-3-11-24-22/h2-11,16H,12-15H2,1H3,(H,25,28). The third-order valence-electron chi connectivity index (χ3n) is 4.89. The second-order valence-electron chi connectivity index (χ2n) is 6.89. The van der Waals surface area contributed by atoms with Gasteiger partial charge < -0.3 is 15.1 Å². The Kier molecular flexibility index (Phi) is 5.19. The number of piperazine rings is 1. The number of aryl methyl sites for hydroxylation is 1. The molecule has 2 heterocycles. The van der Waals surface area contributed by atoms with Gasteiger partial charge in [-0.2, -0.15) is 0 Å². The number of carbonyl (C=O) groups is 1. The van der Waals surface area contributed by atoms with Crippen molar-refractivity contribution in [2.24, 2.45) is 0 Å². The number of hydrogen-bond donors (Lipinski definition) is 1. The average Bonchev–Trinajstić information content (AvgIpc) is 2.75. The molecule has 1 aromatic heterocycles. The molecule has 1 N–H and O–H groups in total. The van der Waals surface area contributed by atoms with E-state index in [-0.39, 0.29) is 5.91 Å². The van der Waals surface area contributed by atoms with E-state index in [1.165, 1.54) is 0 Å². The van der Waals surface area contributed by atoms with Crippen LogP contribution in [-0.2, 0) is 0 Å². The van der Waals surface area contributed by atoms with E-state index in [1.807, 2.05) is 49.4 Å². The molecule has 142 valence electrons. The minimum atomic E-state index is -0.0899. The number of nitrogens with zero attached hydrogens (tertiary/aromatic N) is 4. The van der Waals surface area contributed by atoms with Crippen LogP contribution in [0.1, 0.15) is 15.9 Å². The van der Waals surface area contributed by atoms with Gasteiger partial charge in [-0.05, 0) is 49.4 Å². The van der Waals surface area contributed by atoms with Crippen LogP contribution in [0.25, 0.3) is 0 Å². The average molecular weight is 373 g/mol. The van der Waals surface area contributed by atoms with Crippen molar-refractivity contribution in [3.63, 3.8) is 0 Å². The molecule has 0 aliphatic carbocycles. The summed E-state index contributed by atoms with van der Waals surface area (Å²) in [5.74, 6) is 0.698. The smallest absolute Gasteiger partial charge is 0.255 e. The summed E-state index contributed by atoms with van der Waals surface area (Å²) in [5, 5.41) is 2.96. The predicted octanol–water partition coefficient (Wildman–Crippen LogP) is 3.36. The van der Waals surface area contributed by atoms with E-state index in [9.17, 15) is 4.79 Å². The van der Waals surface area contributed by atoms with E-state index in [0.717, 1.165) is 49.1 Å². The van der Waals surface area contributed by atoms with Crippen molar-refractivity contribution in [2.75, 3.05) is 41.3 Å². The Balaban J connectivity index is 1.35. The van der Waals surface area contributed by atoms with Gasteiger partial charge in [0.05, 0.1) is 0 Å². The molecule has 1 fully saturated rings. The summed E-state index contributed by atoms with van der Waals surface area (Å²) < 4.78 is 0. The lowest BCUT2D eigenvalue weighted by molar-refractivity contribution is 0.102. The highest BCUT2D eigenvalue weighted by Gasteiger charge is 2.19. The maximum atomic E-state index is 12.4. The van der Waals surface area contributed by atoms with Gasteiger partial charge in [-0.1, -0.05) is 17.7 Å². The minimum Gasteiger partial charge on any atom is -0.368 e. The normalized spacial score (nSPS) is 14.0. The summed E-state index contributed by atoms with van der Waals surface area (Å²) in [6, 6.07) is 17.4. The van der Waals surface area contributed by atoms with Gasteiger partial charge in [-0.3, -0.25) is 4.79 Å².